The number of aryl methyl sites for hydroxylation is 1. The van der Waals surface area contributed by atoms with Crippen LogP contribution in [0.15, 0.2) is 12.1 Å². The van der Waals surface area contributed by atoms with Gasteiger partial charge in [0.05, 0.1) is 0 Å². The predicted molar refractivity (Wildman–Crippen MR) is 73.0 cm³/mol. The predicted octanol–water partition coefficient (Wildman–Crippen LogP) is 2.88. The zero-order chi connectivity index (χ0) is 13.2. The van der Waals surface area contributed by atoms with Gasteiger partial charge in [-0.2, -0.15) is 0 Å². The second kappa shape index (κ2) is 5.65. The average Bonchev–Trinajstić information content (AvgIpc) is 2.26. The zero-order valence-corrected chi connectivity index (χ0v) is 11.6. The van der Waals surface area contributed by atoms with E-state index in [1.165, 1.54) is 22.3 Å². The summed E-state index contributed by atoms with van der Waals surface area (Å²) in [7, 11) is 0. The van der Waals surface area contributed by atoms with Crippen LogP contribution in [0.25, 0.3) is 0 Å². The molecule has 0 heterocycles. The maximum atomic E-state index is 9.46. The highest BCUT2D eigenvalue weighted by molar-refractivity contribution is 5.40. The van der Waals surface area contributed by atoms with Crippen LogP contribution in [0, 0.1) is 32.6 Å². The van der Waals surface area contributed by atoms with E-state index in [1.54, 1.807) is 0 Å². The third-order valence-corrected chi connectivity index (χ3v) is 3.99. The van der Waals surface area contributed by atoms with Crippen LogP contribution in [0.5, 0.6) is 0 Å². The average molecular weight is 235 g/mol. The van der Waals surface area contributed by atoms with Crippen LogP contribution in [-0.4, -0.2) is 11.7 Å². The molecule has 0 saturated carbocycles. The van der Waals surface area contributed by atoms with Crippen LogP contribution in [0.1, 0.15) is 42.1 Å². The molecule has 17 heavy (non-hydrogen) atoms. The Kier molecular flexibility index (Phi) is 4.72. The highest BCUT2D eigenvalue weighted by Gasteiger charge is 2.23. The van der Waals surface area contributed by atoms with Crippen molar-refractivity contribution in [2.45, 2.75) is 40.7 Å². The minimum Gasteiger partial charge on any atom is -0.396 e. The lowest BCUT2D eigenvalue weighted by molar-refractivity contribution is 0.165. The van der Waals surface area contributed by atoms with Gasteiger partial charge in [0, 0.05) is 18.6 Å². The van der Waals surface area contributed by atoms with Crippen LogP contribution in [0.2, 0.25) is 0 Å². The first-order valence-electron chi connectivity index (χ1n) is 6.33. The van der Waals surface area contributed by atoms with Gasteiger partial charge in [-0.1, -0.05) is 26.0 Å². The topological polar surface area (TPSA) is 46.2 Å². The minimum absolute atomic E-state index is 0.0840. The van der Waals surface area contributed by atoms with Crippen molar-refractivity contribution >= 4 is 0 Å². The summed E-state index contributed by atoms with van der Waals surface area (Å²) in [5, 5.41) is 9.46. The summed E-state index contributed by atoms with van der Waals surface area (Å²) >= 11 is 0. The van der Waals surface area contributed by atoms with Crippen LogP contribution in [0.4, 0.5) is 0 Å². The Morgan fingerprint density at radius 2 is 1.71 bits per heavy atom. The van der Waals surface area contributed by atoms with Crippen LogP contribution in [-0.2, 0) is 0 Å². The molecule has 1 rings (SSSR count). The van der Waals surface area contributed by atoms with Gasteiger partial charge >= 0.3 is 0 Å². The Morgan fingerprint density at radius 3 is 2.18 bits per heavy atom. The molecule has 96 valence electrons. The Morgan fingerprint density at radius 1 is 1.12 bits per heavy atom. The molecular weight excluding hydrogens is 210 g/mol. The maximum absolute atomic E-state index is 9.46. The molecule has 3 N–H and O–H groups in total. The fourth-order valence-corrected chi connectivity index (χ4v) is 2.31. The number of benzene rings is 1. The van der Waals surface area contributed by atoms with E-state index in [0.29, 0.717) is 5.92 Å². The molecule has 0 radical (unpaired) electrons. The van der Waals surface area contributed by atoms with E-state index in [9.17, 15) is 5.11 Å². The van der Waals surface area contributed by atoms with Crippen molar-refractivity contribution in [1.29, 1.82) is 0 Å². The summed E-state index contributed by atoms with van der Waals surface area (Å²) in [4.78, 5) is 0. The van der Waals surface area contributed by atoms with Crippen molar-refractivity contribution in [2.24, 2.45) is 17.6 Å². The van der Waals surface area contributed by atoms with Gasteiger partial charge in [0.15, 0.2) is 0 Å². The first-order chi connectivity index (χ1) is 7.90. The molecule has 2 atom stereocenters. The third-order valence-electron chi connectivity index (χ3n) is 3.99. The highest BCUT2D eigenvalue weighted by atomic mass is 16.3. The lowest BCUT2D eigenvalue weighted by atomic mass is 9.83. The summed E-state index contributed by atoms with van der Waals surface area (Å²) < 4.78 is 0. The van der Waals surface area contributed by atoms with E-state index in [0.717, 1.165) is 0 Å². The minimum atomic E-state index is -0.0840. The molecule has 0 aliphatic rings. The van der Waals surface area contributed by atoms with Crippen molar-refractivity contribution in [3.63, 3.8) is 0 Å². The molecule has 0 fully saturated rings. The number of aliphatic hydroxyl groups is 1. The standard InChI is InChI=1S/C15H25NO/c1-9(2)14(8-17)15(16)13-7-6-10(3)11(4)12(13)5/h6-7,9,14-15,17H,8,16H2,1-5H3. The molecule has 2 unspecified atom stereocenters. The molecule has 0 aromatic heterocycles. The van der Waals surface area contributed by atoms with E-state index in [2.05, 4.69) is 46.8 Å². The zero-order valence-electron chi connectivity index (χ0n) is 11.6. The van der Waals surface area contributed by atoms with Gasteiger partial charge in [-0.3, -0.25) is 0 Å². The quantitative estimate of drug-likeness (QED) is 0.843. The van der Waals surface area contributed by atoms with Gasteiger partial charge in [0.1, 0.15) is 0 Å². The number of hydrogen-bond acceptors (Lipinski definition) is 2. The fraction of sp³-hybridized carbons (Fsp3) is 0.600. The van der Waals surface area contributed by atoms with E-state index in [1.807, 2.05) is 0 Å². The van der Waals surface area contributed by atoms with Crippen LogP contribution < -0.4 is 5.73 Å². The fourth-order valence-electron chi connectivity index (χ4n) is 2.31. The van der Waals surface area contributed by atoms with Crippen molar-refractivity contribution in [3.05, 3.63) is 34.4 Å². The largest absolute Gasteiger partial charge is 0.396 e. The Hall–Kier alpha value is -0.860. The van der Waals surface area contributed by atoms with Crippen molar-refractivity contribution < 1.29 is 5.11 Å². The molecular formula is C15H25NO. The summed E-state index contributed by atoms with van der Waals surface area (Å²) in [6.45, 7) is 10.7. The summed E-state index contributed by atoms with van der Waals surface area (Å²) in [6.07, 6.45) is 0. The van der Waals surface area contributed by atoms with E-state index >= 15 is 0 Å². The van der Waals surface area contributed by atoms with Gasteiger partial charge < -0.3 is 10.8 Å². The monoisotopic (exact) mass is 235 g/mol. The highest BCUT2D eigenvalue weighted by Crippen LogP contribution is 2.29. The Labute approximate surface area is 105 Å². The number of hydrogen-bond donors (Lipinski definition) is 2. The maximum Gasteiger partial charge on any atom is 0.0479 e. The molecule has 0 bridgehead atoms. The van der Waals surface area contributed by atoms with E-state index < -0.39 is 0 Å². The molecule has 1 aromatic carbocycles. The smallest absolute Gasteiger partial charge is 0.0479 e. The van der Waals surface area contributed by atoms with Gasteiger partial charge in [-0.05, 0) is 48.9 Å². The van der Waals surface area contributed by atoms with Gasteiger partial charge in [-0.25, -0.2) is 0 Å². The lowest BCUT2D eigenvalue weighted by Crippen LogP contribution is -2.29. The van der Waals surface area contributed by atoms with Gasteiger partial charge in [0.2, 0.25) is 0 Å². The first kappa shape index (κ1) is 14.2. The second-order valence-electron chi connectivity index (χ2n) is 5.34. The van der Waals surface area contributed by atoms with Crippen LogP contribution in [0.3, 0.4) is 0 Å². The van der Waals surface area contributed by atoms with Crippen molar-refractivity contribution in [1.82, 2.24) is 0 Å². The molecule has 0 saturated heterocycles. The third kappa shape index (κ3) is 2.88. The van der Waals surface area contributed by atoms with Crippen molar-refractivity contribution in [3.8, 4) is 0 Å². The molecule has 0 spiro atoms. The second-order valence-corrected chi connectivity index (χ2v) is 5.34. The molecule has 0 amide bonds. The molecule has 2 nitrogen and oxygen atoms in total. The molecule has 0 aliphatic carbocycles. The van der Waals surface area contributed by atoms with E-state index in [-0.39, 0.29) is 18.6 Å². The normalized spacial score (nSPS) is 15.1. The van der Waals surface area contributed by atoms with Crippen molar-refractivity contribution in [2.75, 3.05) is 6.61 Å². The number of aliphatic hydroxyl groups excluding tert-OH is 1. The molecule has 1 aromatic rings. The Bertz CT molecular complexity index is 385. The first-order valence-corrected chi connectivity index (χ1v) is 6.33. The SMILES string of the molecule is Cc1ccc(C(N)C(CO)C(C)C)c(C)c1C. The van der Waals surface area contributed by atoms with Gasteiger partial charge in [-0.15, -0.1) is 0 Å². The number of nitrogens with two attached hydrogens (primary N) is 1. The van der Waals surface area contributed by atoms with E-state index in [4.69, 9.17) is 5.73 Å². The summed E-state index contributed by atoms with van der Waals surface area (Å²) in [5.41, 5.74) is 11.3. The number of rotatable bonds is 4. The summed E-state index contributed by atoms with van der Waals surface area (Å²) in [6, 6.07) is 4.14. The summed E-state index contributed by atoms with van der Waals surface area (Å²) in [5.74, 6) is 0.506. The van der Waals surface area contributed by atoms with Gasteiger partial charge in [0.25, 0.3) is 0 Å². The molecule has 0 aliphatic heterocycles. The Balaban J connectivity index is 3.12. The molecule has 2 heteroatoms. The van der Waals surface area contributed by atoms with Crippen LogP contribution >= 0.6 is 0 Å². The lowest BCUT2D eigenvalue weighted by Gasteiger charge is -2.27.